The molecule has 0 bridgehead atoms. The van der Waals surface area contributed by atoms with E-state index in [1.165, 1.54) is 51.4 Å². The van der Waals surface area contributed by atoms with E-state index in [1.54, 1.807) is 5.57 Å². The Labute approximate surface area is 204 Å². The number of rotatable bonds is 4. The minimum atomic E-state index is -0.395. The molecule has 3 saturated carbocycles. The average Bonchev–Trinajstić information content (AvgIpc) is 3.14. The van der Waals surface area contributed by atoms with Gasteiger partial charge in [0.05, 0.1) is 11.7 Å². The van der Waals surface area contributed by atoms with Gasteiger partial charge in [0.1, 0.15) is 0 Å². The molecule has 3 heteroatoms. The van der Waals surface area contributed by atoms with Crippen LogP contribution >= 0.6 is 0 Å². The van der Waals surface area contributed by atoms with E-state index in [0.717, 1.165) is 68.9 Å². The van der Waals surface area contributed by atoms with E-state index in [9.17, 15) is 10.2 Å². The molecule has 33 heavy (non-hydrogen) atoms. The minimum absolute atomic E-state index is 0.0972. The Morgan fingerprint density at radius 2 is 1.70 bits per heavy atom. The molecule has 0 aromatic rings. The van der Waals surface area contributed by atoms with Crippen LogP contribution in [0.1, 0.15) is 111 Å². The Bertz CT molecular complexity index is 695. The van der Waals surface area contributed by atoms with Crippen molar-refractivity contribution in [1.29, 1.82) is 0 Å². The predicted octanol–water partition coefficient (Wildman–Crippen LogP) is 6.58. The number of piperidine rings is 1. The summed E-state index contributed by atoms with van der Waals surface area (Å²) >= 11 is 0. The standard InChI is InChI=1S/C28H47NO2.C2H6/c1-26-14-11-25-23(8-6-21-19-22(30)10-13-27(21,25)2)24(26)9-7-20(26)5-4-12-28(31)15-17-29(3)18-16-28;1-2/h6,20,22-25,30-31H,4-5,7-19H2,1-3H3;1-2H3. The lowest BCUT2D eigenvalue weighted by Gasteiger charge is -2.58. The number of hydrogen-bond donors (Lipinski definition) is 2. The lowest BCUT2D eigenvalue weighted by molar-refractivity contribution is -0.0535. The molecule has 0 radical (unpaired) electrons. The molecule has 5 aliphatic rings. The summed E-state index contributed by atoms with van der Waals surface area (Å²) in [7, 11) is 2.18. The van der Waals surface area contributed by atoms with Gasteiger partial charge < -0.3 is 15.1 Å². The van der Waals surface area contributed by atoms with Crippen molar-refractivity contribution in [2.75, 3.05) is 20.1 Å². The molecule has 0 aromatic heterocycles. The van der Waals surface area contributed by atoms with E-state index in [2.05, 4.69) is 31.9 Å². The molecular weight excluding hydrogens is 406 g/mol. The largest absolute Gasteiger partial charge is 0.393 e. The van der Waals surface area contributed by atoms with Gasteiger partial charge in [0.2, 0.25) is 0 Å². The molecule has 0 amide bonds. The Morgan fingerprint density at radius 3 is 2.42 bits per heavy atom. The van der Waals surface area contributed by atoms with E-state index in [4.69, 9.17) is 0 Å². The maximum Gasteiger partial charge on any atom is 0.0672 e. The van der Waals surface area contributed by atoms with Crippen molar-refractivity contribution in [3.63, 3.8) is 0 Å². The number of likely N-dealkylation sites (tertiary alicyclic amines) is 1. The zero-order chi connectivity index (χ0) is 23.9. The van der Waals surface area contributed by atoms with Crippen LogP contribution in [0.25, 0.3) is 0 Å². The lowest BCUT2D eigenvalue weighted by Crippen LogP contribution is -2.50. The summed E-state index contributed by atoms with van der Waals surface area (Å²) in [6.45, 7) is 11.3. The predicted molar refractivity (Wildman–Crippen MR) is 138 cm³/mol. The van der Waals surface area contributed by atoms with Crippen LogP contribution in [0.3, 0.4) is 0 Å². The van der Waals surface area contributed by atoms with Crippen LogP contribution in [0.2, 0.25) is 0 Å². The van der Waals surface area contributed by atoms with Crippen LogP contribution in [0.4, 0.5) is 0 Å². The topological polar surface area (TPSA) is 43.7 Å². The second kappa shape index (κ2) is 9.94. The highest BCUT2D eigenvalue weighted by Gasteiger charge is 2.58. The highest BCUT2D eigenvalue weighted by atomic mass is 16.3. The normalized spacial score (nSPS) is 44.6. The van der Waals surface area contributed by atoms with Gasteiger partial charge in [-0.15, -0.1) is 0 Å². The Morgan fingerprint density at radius 1 is 0.970 bits per heavy atom. The third-order valence-corrected chi connectivity index (χ3v) is 11.4. The SMILES string of the molecule is CC.CN1CCC(O)(CCCC2CCC3C4CC=C5CC(O)CCC5(C)C4CCC23C)CC1. The summed E-state index contributed by atoms with van der Waals surface area (Å²) in [6, 6.07) is 0. The van der Waals surface area contributed by atoms with Gasteiger partial charge in [-0.05, 0) is 119 Å². The third kappa shape index (κ3) is 4.73. The molecule has 3 nitrogen and oxygen atoms in total. The van der Waals surface area contributed by atoms with Gasteiger partial charge in [-0.2, -0.15) is 0 Å². The fourth-order valence-electron chi connectivity index (χ4n) is 9.19. The molecule has 4 fully saturated rings. The molecule has 1 heterocycles. The summed E-state index contributed by atoms with van der Waals surface area (Å²) in [5, 5.41) is 21.3. The molecule has 7 atom stereocenters. The van der Waals surface area contributed by atoms with Gasteiger partial charge in [0, 0.05) is 13.1 Å². The number of allylic oxidation sites excluding steroid dienone is 1. The number of aliphatic hydroxyl groups is 2. The molecule has 0 aromatic carbocycles. The van der Waals surface area contributed by atoms with Gasteiger partial charge >= 0.3 is 0 Å². The molecule has 0 spiro atoms. The summed E-state index contributed by atoms with van der Waals surface area (Å²) in [6.07, 6.45) is 18.0. The van der Waals surface area contributed by atoms with Crippen LogP contribution in [-0.2, 0) is 0 Å². The van der Waals surface area contributed by atoms with Crippen molar-refractivity contribution in [2.24, 2.45) is 34.5 Å². The molecule has 1 saturated heterocycles. The van der Waals surface area contributed by atoms with E-state index >= 15 is 0 Å². The summed E-state index contributed by atoms with van der Waals surface area (Å²) < 4.78 is 0. The van der Waals surface area contributed by atoms with Gasteiger partial charge in [-0.3, -0.25) is 0 Å². The quantitative estimate of drug-likeness (QED) is 0.467. The zero-order valence-corrected chi connectivity index (χ0v) is 22.4. The van der Waals surface area contributed by atoms with Crippen molar-refractivity contribution in [2.45, 2.75) is 123 Å². The summed E-state index contributed by atoms with van der Waals surface area (Å²) in [5.41, 5.74) is 2.08. The fraction of sp³-hybridized carbons (Fsp3) is 0.933. The maximum atomic E-state index is 11.0. The van der Waals surface area contributed by atoms with Gasteiger partial charge in [-0.25, -0.2) is 0 Å². The van der Waals surface area contributed by atoms with E-state index < -0.39 is 5.60 Å². The van der Waals surface area contributed by atoms with Crippen molar-refractivity contribution in [3.8, 4) is 0 Å². The molecule has 2 N–H and O–H groups in total. The van der Waals surface area contributed by atoms with E-state index in [1.807, 2.05) is 13.8 Å². The van der Waals surface area contributed by atoms with Crippen LogP contribution in [0.15, 0.2) is 11.6 Å². The smallest absolute Gasteiger partial charge is 0.0672 e. The minimum Gasteiger partial charge on any atom is -0.393 e. The Balaban J connectivity index is 0.00000126. The van der Waals surface area contributed by atoms with Crippen LogP contribution in [0, 0.1) is 34.5 Å². The number of hydrogen-bond acceptors (Lipinski definition) is 3. The number of nitrogens with zero attached hydrogens (tertiary/aromatic N) is 1. The second-order valence-corrected chi connectivity index (χ2v) is 12.9. The number of fused-ring (bicyclic) bond motifs is 5. The van der Waals surface area contributed by atoms with Crippen molar-refractivity contribution >= 4 is 0 Å². The fourth-order valence-corrected chi connectivity index (χ4v) is 9.19. The van der Waals surface area contributed by atoms with Crippen LogP contribution in [0.5, 0.6) is 0 Å². The molecule has 5 rings (SSSR count). The molecule has 1 aliphatic heterocycles. The molecule has 190 valence electrons. The Kier molecular flexibility index (Phi) is 7.74. The van der Waals surface area contributed by atoms with Gasteiger partial charge in [-0.1, -0.05) is 45.8 Å². The molecule has 4 aliphatic carbocycles. The Hall–Kier alpha value is -0.380. The summed E-state index contributed by atoms with van der Waals surface area (Å²) in [5.74, 6) is 3.46. The highest BCUT2D eigenvalue weighted by molar-refractivity contribution is 5.25. The van der Waals surface area contributed by atoms with Crippen molar-refractivity contribution < 1.29 is 10.2 Å². The highest BCUT2D eigenvalue weighted by Crippen LogP contribution is 2.66. The maximum absolute atomic E-state index is 11.0. The lowest BCUT2D eigenvalue weighted by atomic mass is 9.47. The van der Waals surface area contributed by atoms with Crippen LogP contribution < -0.4 is 0 Å². The second-order valence-electron chi connectivity index (χ2n) is 12.9. The van der Waals surface area contributed by atoms with E-state index in [0.29, 0.717) is 10.8 Å². The van der Waals surface area contributed by atoms with E-state index in [-0.39, 0.29) is 6.10 Å². The third-order valence-electron chi connectivity index (χ3n) is 11.4. The molecule has 7 unspecified atom stereocenters. The van der Waals surface area contributed by atoms with Gasteiger partial charge in [0.25, 0.3) is 0 Å². The summed E-state index contributed by atoms with van der Waals surface area (Å²) in [4.78, 5) is 2.35. The first kappa shape index (κ1) is 25.7. The first-order chi connectivity index (χ1) is 15.7. The van der Waals surface area contributed by atoms with Crippen LogP contribution in [-0.4, -0.2) is 47.0 Å². The zero-order valence-electron chi connectivity index (χ0n) is 22.4. The molecular formula is C30H53NO2. The first-order valence-corrected chi connectivity index (χ1v) is 14.5. The number of aliphatic hydroxyl groups excluding tert-OH is 1. The van der Waals surface area contributed by atoms with Crippen molar-refractivity contribution in [1.82, 2.24) is 4.90 Å². The monoisotopic (exact) mass is 459 g/mol. The van der Waals surface area contributed by atoms with Gasteiger partial charge in [0.15, 0.2) is 0 Å². The van der Waals surface area contributed by atoms with Crippen molar-refractivity contribution in [3.05, 3.63) is 11.6 Å². The average molecular weight is 460 g/mol. The first-order valence-electron chi connectivity index (χ1n) is 14.5.